The van der Waals surface area contributed by atoms with Crippen molar-refractivity contribution < 1.29 is 14.1 Å². The Labute approximate surface area is 189 Å². The molecule has 162 valence electrons. The fourth-order valence-corrected chi connectivity index (χ4v) is 5.01. The highest BCUT2D eigenvalue weighted by molar-refractivity contribution is 7.99. The Morgan fingerprint density at radius 1 is 1.19 bits per heavy atom. The first-order valence-electron chi connectivity index (χ1n) is 10.3. The van der Waals surface area contributed by atoms with Gasteiger partial charge in [-0.1, -0.05) is 35.5 Å². The van der Waals surface area contributed by atoms with Gasteiger partial charge in [0, 0.05) is 54.3 Å². The molecule has 2 aromatic carbocycles. The van der Waals surface area contributed by atoms with Gasteiger partial charge in [-0.15, -0.1) is 11.8 Å². The lowest BCUT2D eigenvalue weighted by Crippen LogP contribution is -2.48. The van der Waals surface area contributed by atoms with Gasteiger partial charge in [0.25, 0.3) is 5.91 Å². The summed E-state index contributed by atoms with van der Waals surface area (Å²) in [6.45, 7) is 0. The normalized spacial score (nSPS) is 16.1. The number of nitrogens with zero attached hydrogens (tertiary/aromatic N) is 3. The fraction of sp³-hybridized carbons (Fsp3) is 0.208. The van der Waals surface area contributed by atoms with Crippen molar-refractivity contribution in [1.82, 2.24) is 15.0 Å². The molecule has 0 aliphatic carbocycles. The van der Waals surface area contributed by atoms with E-state index >= 15 is 0 Å². The maximum Gasteiger partial charge on any atom is 0.274 e. The van der Waals surface area contributed by atoms with E-state index in [9.17, 15) is 9.59 Å². The molecule has 1 aliphatic heterocycles. The van der Waals surface area contributed by atoms with Gasteiger partial charge in [0.05, 0.1) is 5.69 Å². The number of rotatable bonds is 4. The largest absolute Gasteiger partial charge is 0.360 e. The first-order chi connectivity index (χ1) is 15.5. The van der Waals surface area contributed by atoms with Gasteiger partial charge in [-0.3, -0.25) is 9.59 Å². The molecule has 2 aromatic heterocycles. The zero-order valence-corrected chi connectivity index (χ0v) is 18.6. The Balaban J connectivity index is 1.32. The predicted octanol–water partition coefficient (Wildman–Crippen LogP) is 3.62. The lowest BCUT2D eigenvalue weighted by Gasteiger charge is -2.21. The van der Waals surface area contributed by atoms with Gasteiger partial charge < -0.3 is 19.3 Å². The van der Waals surface area contributed by atoms with Crippen LogP contribution < -0.4 is 10.2 Å². The zero-order valence-electron chi connectivity index (χ0n) is 17.7. The van der Waals surface area contributed by atoms with Gasteiger partial charge in [-0.05, 0) is 23.8 Å². The smallest absolute Gasteiger partial charge is 0.274 e. The first kappa shape index (κ1) is 20.4. The highest BCUT2D eigenvalue weighted by Gasteiger charge is 2.31. The number of carbonyl (C=O) groups excluding carboxylic acids is 2. The SMILES string of the molecule is CN1C(=O)[C@@H](NC(=O)c2cc(Cc3ccccc3)on2)CSc2cc3c(ccn3C)cc21. The van der Waals surface area contributed by atoms with Crippen LogP contribution in [0.4, 0.5) is 5.69 Å². The maximum absolute atomic E-state index is 13.1. The van der Waals surface area contributed by atoms with Gasteiger partial charge in [0.2, 0.25) is 5.91 Å². The Morgan fingerprint density at radius 3 is 2.81 bits per heavy atom. The van der Waals surface area contributed by atoms with E-state index in [2.05, 4.69) is 21.1 Å². The van der Waals surface area contributed by atoms with Gasteiger partial charge >= 0.3 is 0 Å². The third-order valence-electron chi connectivity index (χ3n) is 5.68. The zero-order chi connectivity index (χ0) is 22.2. The van der Waals surface area contributed by atoms with Crippen molar-refractivity contribution in [2.75, 3.05) is 17.7 Å². The summed E-state index contributed by atoms with van der Waals surface area (Å²) in [5.41, 5.74) is 3.19. The number of fused-ring (bicyclic) bond motifs is 2. The van der Waals surface area contributed by atoms with Crippen LogP contribution in [-0.2, 0) is 18.3 Å². The lowest BCUT2D eigenvalue weighted by molar-refractivity contribution is -0.119. The van der Waals surface area contributed by atoms with E-state index in [0.29, 0.717) is 17.9 Å². The molecular formula is C24H22N4O3S. The minimum atomic E-state index is -0.665. The summed E-state index contributed by atoms with van der Waals surface area (Å²) in [5, 5.41) is 7.81. The average molecular weight is 447 g/mol. The molecule has 7 nitrogen and oxygen atoms in total. The molecule has 3 heterocycles. The number of benzene rings is 2. The van der Waals surface area contributed by atoms with Crippen LogP contribution in [0.1, 0.15) is 21.8 Å². The summed E-state index contributed by atoms with van der Waals surface area (Å²) in [6.07, 6.45) is 2.55. The van der Waals surface area contributed by atoms with Crippen LogP contribution in [-0.4, -0.2) is 40.4 Å². The quantitative estimate of drug-likeness (QED) is 0.518. The van der Waals surface area contributed by atoms with Crippen molar-refractivity contribution >= 4 is 40.2 Å². The summed E-state index contributed by atoms with van der Waals surface area (Å²) in [4.78, 5) is 28.5. The number of hydrogen-bond acceptors (Lipinski definition) is 5. The Hall–Kier alpha value is -3.52. The number of amides is 2. The van der Waals surface area contributed by atoms with Crippen LogP contribution >= 0.6 is 11.8 Å². The molecule has 0 saturated heterocycles. The molecule has 1 aliphatic rings. The molecule has 0 spiro atoms. The number of anilines is 1. The molecule has 1 atom stereocenters. The number of hydrogen-bond donors (Lipinski definition) is 1. The maximum atomic E-state index is 13.1. The van der Waals surface area contributed by atoms with E-state index in [1.165, 1.54) is 0 Å². The van der Waals surface area contributed by atoms with E-state index in [1.54, 1.807) is 29.8 Å². The highest BCUT2D eigenvalue weighted by atomic mass is 32.2. The number of aromatic nitrogens is 2. The second-order valence-electron chi connectivity index (χ2n) is 7.88. The van der Waals surface area contributed by atoms with Gasteiger partial charge in [0.1, 0.15) is 11.8 Å². The summed E-state index contributed by atoms with van der Waals surface area (Å²) < 4.78 is 7.39. The summed E-state index contributed by atoms with van der Waals surface area (Å²) in [5.74, 6) is 0.454. The monoisotopic (exact) mass is 446 g/mol. The van der Waals surface area contributed by atoms with Crippen LogP contribution in [0.25, 0.3) is 10.9 Å². The minimum absolute atomic E-state index is 0.159. The van der Waals surface area contributed by atoms with Crippen molar-refractivity contribution in [3.05, 3.63) is 77.8 Å². The summed E-state index contributed by atoms with van der Waals surface area (Å²) in [7, 11) is 3.74. The number of thioether (sulfide) groups is 1. The number of likely N-dealkylation sites (N-methyl/N-ethyl adjacent to an activating group) is 1. The molecule has 2 amide bonds. The topological polar surface area (TPSA) is 80.4 Å². The number of aryl methyl sites for hydroxylation is 1. The molecule has 0 fully saturated rings. The third-order valence-corrected chi connectivity index (χ3v) is 6.82. The van der Waals surface area contributed by atoms with Gasteiger partial charge in [0.15, 0.2) is 5.69 Å². The van der Waals surface area contributed by atoms with Crippen LogP contribution in [0.5, 0.6) is 0 Å². The van der Waals surface area contributed by atoms with E-state index in [1.807, 2.05) is 55.7 Å². The first-order valence-corrected chi connectivity index (χ1v) is 11.3. The molecule has 0 bridgehead atoms. The number of carbonyl (C=O) groups is 2. The molecule has 8 heteroatoms. The second-order valence-corrected chi connectivity index (χ2v) is 8.94. The number of nitrogens with one attached hydrogen (secondary N) is 1. The predicted molar refractivity (Wildman–Crippen MR) is 124 cm³/mol. The minimum Gasteiger partial charge on any atom is -0.360 e. The summed E-state index contributed by atoms with van der Waals surface area (Å²) >= 11 is 1.56. The van der Waals surface area contributed by atoms with Crippen LogP contribution in [0, 0.1) is 0 Å². The molecule has 4 aromatic rings. The Bertz CT molecular complexity index is 1310. The molecule has 0 radical (unpaired) electrons. The van der Waals surface area contributed by atoms with Gasteiger partial charge in [-0.25, -0.2) is 0 Å². The van der Waals surface area contributed by atoms with Crippen LogP contribution in [0.3, 0.4) is 0 Å². The Kier molecular flexibility index (Phi) is 5.22. The molecule has 1 N–H and O–H groups in total. The van der Waals surface area contributed by atoms with Gasteiger partial charge in [-0.2, -0.15) is 0 Å². The third kappa shape index (κ3) is 3.78. The average Bonchev–Trinajstić information content (AvgIpc) is 3.39. The highest BCUT2D eigenvalue weighted by Crippen LogP contribution is 2.37. The molecule has 0 unspecified atom stereocenters. The van der Waals surface area contributed by atoms with E-state index in [4.69, 9.17) is 4.52 Å². The van der Waals surface area contributed by atoms with Crippen molar-refractivity contribution in [3.63, 3.8) is 0 Å². The van der Waals surface area contributed by atoms with Crippen LogP contribution in [0.2, 0.25) is 0 Å². The van der Waals surface area contributed by atoms with E-state index in [0.717, 1.165) is 27.0 Å². The van der Waals surface area contributed by atoms with Crippen molar-refractivity contribution in [2.24, 2.45) is 7.05 Å². The fourth-order valence-electron chi connectivity index (χ4n) is 3.90. The second kappa shape index (κ2) is 8.20. The van der Waals surface area contributed by atoms with Crippen molar-refractivity contribution in [3.8, 4) is 0 Å². The Morgan fingerprint density at radius 2 is 2.00 bits per heavy atom. The van der Waals surface area contributed by atoms with Crippen LogP contribution in [0.15, 0.2) is 70.2 Å². The van der Waals surface area contributed by atoms with E-state index in [-0.39, 0.29) is 11.6 Å². The molecule has 0 saturated carbocycles. The molecule has 5 rings (SSSR count). The standard InChI is InChI=1S/C24H22N4O3S/c1-27-9-8-16-11-21-22(13-20(16)27)32-14-19(24(30)28(21)2)25-23(29)18-12-17(31-26-18)10-15-6-4-3-5-7-15/h3-9,11-13,19H,10,14H2,1-2H3,(H,25,29)/t19-/m0/s1. The molecular weight excluding hydrogens is 424 g/mol. The van der Waals surface area contributed by atoms with Crippen molar-refractivity contribution in [1.29, 1.82) is 0 Å². The lowest BCUT2D eigenvalue weighted by atomic mass is 10.1. The summed E-state index contributed by atoms with van der Waals surface area (Å²) in [6, 6.07) is 16.9. The van der Waals surface area contributed by atoms with E-state index < -0.39 is 11.9 Å². The molecule has 32 heavy (non-hydrogen) atoms. The van der Waals surface area contributed by atoms with Crippen molar-refractivity contribution in [2.45, 2.75) is 17.4 Å².